The van der Waals surface area contributed by atoms with Crippen LogP contribution in [0.3, 0.4) is 0 Å². The summed E-state index contributed by atoms with van der Waals surface area (Å²) in [6.45, 7) is 1.23. The number of hydrogen-bond donors (Lipinski definition) is 0. The van der Waals surface area contributed by atoms with Gasteiger partial charge in [0.2, 0.25) is 0 Å². The Morgan fingerprint density at radius 2 is 2.19 bits per heavy atom. The Hall–Kier alpha value is -1.26. The lowest BCUT2D eigenvalue weighted by molar-refractivity contribution is -0.170. The molecule has 0 radical (unpaired) electrons. The molecule has 0 aliphatic carbocycles. The zero-order valence-electron chi connectivity index (χ0n) is 8.69. The lowest BCUT2D eigenvalue weighted by Gasteiger charge is -2.14. The van der Waals surface area contributed by atoms with Crippen molar-refractivity contribution in [1.82, 2.24) is 5.06 Å². The van der Waals surface area contributed by atoms with E-state index in [4.69, 9.17) is 21.2 Å². The topological polar surface area (TPSA) is 38.8 Å². The maximum Gasteiger partial charge on any atom is 0.283 e. The molecule has 0 aromatic heterocycles. The highest BCUT2D eigenvalue weighted by Crippen LogP contribution is 2.15. The largest absolute Gasteiger partial charge is 0.484 e. The van der Waals surface area contributed by atoms with Crippen LogP contribution < -0.4 is 4.74 Å². The summed E-state index contributed by atoms with van der Waals surface area (Å²) in [5.74, 6) is 0.462. The number of halogens is 1. The molecule has 1 aliphatic rings. The minimum atomic E-state index is -0.160. The molecule has 0 saturated carbocycles. The van der Waals surface area contributed by atoms with Crippen LogP contribution in [0.5, 0.6) is 5.75 Å². The smallest absolute Gasteiger partial charge is 0.283 e. The second-order valence-corrected chi connectivity index (χ2v) is 3.86. The number of benzene rings is 1. The number of amides is 1. The molecule has 1 amide bonds. The fourth-order valence-corrected chi connectivity index (χ4v) is 1.52. The molecule has 1 aliphatic heterocycles. The Kier molecular flexibility index (Phi) is 3.64. The zero-order valence-corrected chi connectivity index (χ0v) is 9.44. The summed E-state index contributed by atoms with van der Waals surface area (Å²) < 4.78 is 5.31. The molecule has 5 heteroatoms. The number of nitrogens with zero attached hydrogens (tertiary/aromatic N) is 1. The van der Waals surface area contributed by atoms with Crippen molar-refractivity contribution in [2.24, 2.45) is 0 Å². The first-order valence-electron chi connectivity index (χ1n) is 5.07. The third-order valence-corrected chi connectivity index (χ3v) is 2.46. The second-order valence-electron chi connectivity index (χ2n) is 3.43. The van der Waals surface area contributed by atoms with Gasteiger partial charge in [0.1, 0.15) is 5.75 Å². The Morgan fingerprint density at radius 1 is 1.44 bits per heavy atom. The normalized spacial score (nSPS) is 15.2. The summed E-state index contributed by atoms with van der Waals surface area (Å²) >= 11 is 5.73. The van der Waals surface area contributed by atoms with Gasteiger partial charge in [0.05, 0.1) is 13.2 Å². The van der Waals surface area contributed by atoms with Gasteiger partial charge in [0.15, 0.2) is 6.61 Å². The molecule has 0 bridgehead atoms. The van der Waals surface area contributed by atoms with Gasteiger partial charge in [-0.2, -0.15) is 0 Å². The van der Waals surface area contributed by atoms with Crippen LogP contribution in [0.25, 0.3) is 0 Å². The van der Waals surface area contributed by atoms with E-state index < -0.39 is 0 Å². The predicted molar refractivity (Wildman–Crippen MR) is 59.2 cm³/mol. The lowest BCUT2D eigenvalue weighted by Crippen LogP contribution is -2.31. The van der Waals surface area contributed by atoms with Crippen molar-refractivity contribution >= 4 is 17.5 Å². The van der Waals surface area contributed by atoms with Crippen LogP contribution >= 0.6 is 11.6 Å². The van der Waals surface area contributed by atoms with Crippen molar-refractivity contribution in [3.63, 3.8) is 0 Å². The lowest BCUT2D eigenvalue weighted by atomic mass is 10.3. The zero-order chi connectivity index (χ0) is 11.4. The standard InChI is InChI=1S/C11H12ClNO3/c12-9-2-4-10(5-3-9)15-8-11(14)13-6-1-7-16-13/h2-5H,1,6-8H2. The first kappa shape index (κ1) is 11.2. The monoisotopic (exact) mass is 241 g/mol. The summed E-state index contributed by atoms with van der Waals surface area (Å²) in [6, 6.07) is 6.88. The predicted octanol–water partition coefficient (Wildman–Crippen LogP) is 1.88. The van der Waals surface area contributed by atoms with Gasteiger partial charge in [0.25, 0.3) is 5.91 Å². The van der Waals surface area contributed by atoms with Crippen molar-refractivity contribution in [1.29, 1.82) is 0 Å². The highest BCUT2D eigenvalue weighted by molar-refractivity contribution is 6.30. The quantitative estimate of drug-likeness (QED) is 0.811. The molecule has 16 heavy (non-hydrogen) atoms. The molecule has 1 aromatic carbocycles. The highest BCUT2D eigenvalue weighted by atomic mass is 35.5. The molecular formula is C11H12ClNO3. The van der Waals surface area contributed by atoms with Crippen LogP contribution in [0.4, 0.5) is 0 Å². The number of carbonyl (C=O) groups is 1. The highest BCUT2D eigenvalue weighted by Gasteiger charge is 2.19. The van der Waals surface area contributed by atoms with E-state index in [1.54, 1.807) is 24.3 Å². The van der Waals surface area contributed by atoms with Gasteiger partial charge in [0, 0.05) is 5.02 Å². The van der Waals surface area contributed by atoms with Gasteiger partial charge in [-0.05, 0) is 30.7 Å². The first-order chi connectivity index (χ1) is 7.75. The number of carbonyl (C=O) groups excluding carboxylic acids is 1. The van der Waals surface area contributed by atoms with E-state index >= 15 is 0 Å². The van der Waals surface area contributed by atoms with Crippen LogP contribution in [0.2, 0.25) is 5.02 Å². The summed E-state index contributed by atoms with van der Waals surface area (Å²) in [6.07, 6.45) is 0.882. The summed E-state index contributed by atoms with van der Waals surface area (Å²) in [7, 11) is 0. The van der Waals surface area contributed by atoms with Crippen molar-refractivity contribution in [3.8, 4) is 5.75 Å². The minimum absolute atomic E-state index is 0.0123. The first-order valence-corrected chi connectivity index (χ1v) is 5.45. The Morgan fingerprint density at radius 3 is 2.81 bits per heavy atom. The van der Waals surface area contributed by atoms with E-state index in [1.807, 2.05) is 0 Å². The molecule has 0 N–H and O–H groups in total. The van der Waals surface area contributed by atoms with E-state index in [0.29, 0.717) is 23.9 Å². The van der Waals surface area contributed by atoms with Crippen molar-refractivity contribution in [3.05, 3.63) is 29.3 Å². The molecular weight excluding hydrogens is 230 g/mol. The molecule has 1 saturated heterocycles. The summed E-state index contributed by atoms with van der Waals surface area (Å²) in [5, 5.41) is 1.98. The molecule has 4 nitrogen and oxygen atoms in total. The molecule has 1 aromatic rings. The number of rotatable bonds is 3. The molecule has 0 spiro atoms. The molecule has 2 rings (SSSR count). The fourth-order valence-electron chi connectivity index (χ4n) is 1.39. The molecule has 0 atom stereocenters. The average molecular weight is 242 g/mol. The van der Waals surface area contributed by atoms with E-state index in [2.05, 4.69) is 0 Å². The van der Waals surface area contributed by atoms with Crippen LogP contribution in [-0.2, 0) is 9.63 Å². The summed E-state index contributed by atoms with van der Waals surface area (Å²) in [4.78, 5) is 16.6. The maximum absolute atomic E-state index is 11.5. The van der Waals surface area contributed by atoms with Gasteiger partial charge >= 0.3 is 0 Å². The van der Waals surface area contributed by atoms with Crippen LogP contribution in [-0.4, -0.2) is 30.7 Å². The Bertz CT molecular complexity index is 360. The van der Waals surface area contributed by atoms with E-state index in [1.165, 1.54) is 5.06 Å². The minimum Gasteiger partial charge on any atom is -0.484 e. The van der Waals surface area contributed by atoms with Gasteiger partial charge in [-0.25, -0.2) is 5.06 Å². The maximum atomic E-state index is 11.5. The second kappa shape index (κ2) is 5.18. The van der Waals surface area contributed by atoms with E-state index in [-0.39, 0.29) is 12.5 Å². The van der Waals surface area contributed by atoms with Crippen LogP contribution in [0, 0.1) is 0 Å². The summed E-state index contributed by atoms with van der Waals surface area (Å²) in [5.41, 5.74) is 0. The Labute approximate surface area is 98.7 Å². The van der Waals surface area contributed by atoms with Crippen molar-refractivity contribution in [2.45, 2.75) is 6.42 Å². The van der Waals surface area contributed by atoms with Crippen molar-refractivity contribution in [2.75, 3.05) is 19.8 Å². The molecule has 0 unspecified atom stereocenters. The fraction of sp³-hybridized carbons (Fsp3) is 0.364. The van der Waals surface area contributed by atoms with E-state index in [9.17, 15) is 4.79 Å². The number of ether oxygens (including phenoxy) is 1. The molecule has 1 heterocycles. The van der Waals surface area contributed by atoms with Crippen molar-refractivity contribution < 1.29 is 14.4 Å². The number of hydroxylamine groups is 2. The van der Waals surface area contributed by atoms with Gasteiger partial charge < -0.3 is 4.74 Å². The van der Waals surface area contributed by atoms with Gasteiger partial charge in [-0.15, -0.1) is 0 Å². The number of hydrogen-bond acceptors (Lipinski definition) is 3. The third-order valence-electron chi connectivity index (χ3n) is 2.21. The Balaban J connectivity index is 1.82. The SMILES string of the molecule is O=C(COc1ccc(Cl)cc1)N1CCCO1. The van der Waals surface area contributed by atoms with Gasteiger partial charge in [-0.3, -0.25) is 9.63 Å². The average Bonchev–Trinajstić information content (AvgIpc) is 2.81. The van der Waals surface area contributed by atoms with Crippen LogP contribution in [0.1, 0.15) is 6.42 Å². The van der Waals surface area contributed by atoms with Gasteiger partial charge in [-0.1, -0.05) is 11.6 Å². The molecule has 86 valence electrons. The van der Waals surface area contributed by atoms with Crippen LogP contribution in [0.15, 0.2) is 24.3 Å². The van der Waals surface area contributed by atoms with E-state index in [0.717, 1.165) is 6.42 Å². The molecule has 1 fully saturated rings. The third kappa shape index (κ3) is 2.87.